The molecule has 0 saturated heterocycles. The van der Waals surface area contributed by atoms with E-state index in [-0.39, 0.29) is 0 Å². The van der Waals surface area contributed by atoms with Gasteiger partial charge in [0.1, 0.15) is 5.82 Å². The average molecular weight is 295 g/mol. The topological polar surface area (TPSA) is 53.9 Å². The maximum absolute atomic E-state index is 4.26. The maximum atomic E-state index is 4.26. The third-order valence-electron chi connectivity index (χ3n) is 2.32. The fourth-order valence-corrected chi connectivity index (χ4v) is 3.13. The Hall–Kier alpha value is -1.34. The summed E-state index contributed by atoms with van der Waals surface area (Å²) in [6, 6.07) is 4.10. The van der Waals surface area contributed by atoms with Gasteiger partial charge in [-0.1, -0.05) is 23.1 Å². The average Bonchev–Trinajstić information content (AvgIpc) is 2.86. The maximum Gasteiger partial charge on any atom is 0.208 e. The Morgan fingerprint density at radius 1 is 1.37 bits per heavy atom. The van der Waals surface area contributed by atoms with E-state index < -0.39 is 0 Å². The van der Waals surface area contributed by atoms with Crippen molar-refractivity contribution in [3.05, 3.63) is 23.9 Å². The van der Waals surface area contributed by atoms with Crippen LogP contribution in [-0.4, -0.2) is 35.8 Å². The fourth-order valence-electron chi connectivity index (χ4n) is 1.43. The van der Waals surface area contributed by atoms with Gasteiger partial charge in [0.2, 0.25) is 5.13 Å². The Morgan fingerprint density at radius 2 is 2.21 bits per heavy atom. The molecule has 2 rings (SSSR count). The van der Waals surface area contributed by atoms with Gasteiger partial charge in [-0.2, -0.15) is 0 Å². The van der Waals surface area contributed by atoms with Crippen molar-refractivity contribution in [1.29, 1.82) is 0 Å². The molecule has 0 spiro atoms. The van der Waals surface area contributed by atoms with Crippen molar-refractivity contribution >= 4 is 34.0 Å². The van der Waals surface area contributed by atoms with Crippen molar-refractivity contribution in [1.82, 2.24) is 15.2 Å². The van der Waals surface area contributed by atoms with Crippen molar-refractivity contribution in [2.75, 3.05) is 30.9 Å². The van der Waals surface area contributed by atoms with E-state index in [2.05, 4.69) is 33.5 Å². The van der Waals surface area contributed by atoms with Crippen molar-refractivity contribution < 1.29 is 0 Å². The summed E-state index contributed by atoms with van der Waals surface area (Å²) in [6.07, 6.45) is 1.83. The summed E-state index contributed by atoms with van der Waals surface area (Å²) in [5.41, 5.74) is 1.23. The van der Waals surface area contributed by atoms with Gasteiger partial charge in [-0.05, 0) is 24.6 Å². The molecule has 0 amide bonds. The van der Waals surface area contributed by atoms with Crippen LogP contribution in [0.15, 0.2) is 22.7 Å². The van der Waals surface area contributed by atoms with E-state index in [1.54, 1.807) is 23.1 Å². The molecule has 0 aliphatic heterocycles. The predicted molar refractivity (Wildman–Crippen MR) is 82.2 cm³/mol. The zero-order valence-corrected chi connectivity index (χ0v) is 12.9. The number of thioether (sulfide) groups is 1. The summed E-state index contributed by atoms with van der Waals surface area (Å²) in [7, 11) is 3.95. The van der Waals surface area contributed by atoms with Crippen LogP contribution in [0.1, 0.15) is 12.5 Å². The molecule has 0 fully saturated rings. The number of hydrogen-bond donors (Lipinski definition) is 1. The molecule has 7 heteroatoms. The van der Waals surface area contributed by atoms with E-state index in [1.165, 1.54) is 5.56 Å². The molecule has 0 saturated carbocycles. The SMILES string of the molecule is CCNc1cc(CSc2nnc(N(C)C)s2)ccn1. The van der Waals surface area contributed by atoms with Crippen LogP contribution in [-0.2, 0) is 5.75 Å². The highest BCUT2D eigenvalue weighted by Crippen LogP contribution is 2.29. The normalized spacial score (nSPS) is 10.5. The van der Waals surface area contributed by atoms with Crippen LogP contribution < -0.4 is 10.2 Å². The quantitative estimate of drug-likeness (QED) is 0.827. The summed E-state index contributed by atoms with van der Waals surface area (Å²) in [5, 5.41) is 12.4. The minimum Gasteiger partial charge on any atom is -0.370 e. The zero-order chi connectivity index (χ0) is 13.7. The van der Waals surface area contributed by atoms with Crippen LogP contribution in [0.25, 0.3) is 0 Å². The minimum absolute atomic E-state index is 0.878. The number of anilines is 2. The molecule has 0 aliphatic carbocycles. The molecule has 102 valence electrons. The molecule has 0 aliphatic rings. The molecule has 2 aromatic rings. The van der Waals surface area contributed by atoms with E-state index in [9.17, 15) is 0 Å². The largest absolute Gasteiger partial charge is 0.370 e. The van der Waals surface area contributed by atoms with Crippen LogP contribution in [0.3, 0.4) is 0 Å². The van der Waals surface area contributed by atoms with Crippen LogP contribution in [0, 0.1) is 0 Å². The highest BCUT2D eigenvalue weighted by Gasteiger charge is 2.06. The lowest BCUT2D eigenvalue weighted by Gasteiger charge is -2.04. The van der Waals surface area contributed by atoms with Crippen LogP contribution in [0.5, 0.6) is 0 Å². The van der Waals surface area contributed by atoms with Gasteiger partial charge in [-0.3, -0.25) is 0 Å². The number of pyridine rings is 1. The van der Waals surface area contributed by atoms with Gasteiger partial charge in [-0.25, -0.2) is 4.98 Å². The van der Waals surface area contributed by atoms with E-state index in [4.69, 9.17) is 0 Å². The highest BCUT2D eigenvalue weighted by molar-refractivity contribution is 8.00. The zero-order valence-electron chi connectivity index (χ0n) is 11.3. The van der Waals surface area contributed by atoms with Crippen molar-refractivity contribution in [2.24, 2.45) is 0 Å². The minimum atomic E-state index is 0.878. The van der Waals surface area contributed by atoms with Gasteiger partial charge in [0.25, 0.3) is 0 Å². The predicted octanol–water partition coefficient (Wildman–Crippen LogP) is 2.72. The van der Waals surface area contributed by atoms with Crippen LogP contribution >= 0.6 is 23.1 Å². The smallest absolute Gasteiger partial charge is 0.208 e. The van der Waals surface area contributed by atoms with Gasteiger partial charge < -0.3 is 10.2 Å². The molecule has 0 atom stereocenters. The van der Waals surface area contributed by atoms with E-state index in [1.807, 2.05) is 31.3 Å². The molecule has 0 bridgehead atoms. The number of nitrogens with one attached hydrogen (secondary N) is 1. The molecule has 19 heavy (non-hydrogen) atoms. The number of aromatic nitrogens is 3. The fraction of sp³-hybridized carbons (Fsp3) is 0.417. The second-order valence-corrected chi connectivity index (χ2v) is 6.29. The first-order chi connectivity index (χ1) is 9.19. The van der Waals surface area contributed by atoms with Gasteiger partial charge in [0.15, 0.2) is 4.34 Å². The Kier molecular flexibility index (Phi) is 4.98. The highest BCUT2D eigenvalue weighted by atomic mass is 32.2. The Bertz CT molecular complexity index is 526. The first-order valence-corrected chi connectivity index (χ1v) is 7.81. The molecule has 2 aromatic heterocycles. The van der Waals surface area contributed by atoms with Gasteiger partial charge >= 0.3 is 0 Å². The van der Waals surface area contributed by atoms with Crippen molar-refractivity contribution in [3.63, 3.8) is 0 Å². The standard InChI is InChI=1S/C12H17N5S2/c1-4-13-10-7-9(5-6-14-10)8-18-12-16-15-11(19-12)17(2)3/h5-7H,4,8H2,1-3H3,(H,13,14). The lowest BCUT2D eigenvalue weighted by molar-refractivity contribution is 0.972. The summed E-state index contributed by atoms with van der Waals surface area (Å²) in [4.78, 5) is 6.23. The lowest BCUT2D eigenvalue weighted by Crippen LogP contribution is -2.07. The summed E-state index contributed by atoms with van der Waals surface area (Å²) >= 11 is 3.31. The Labute approximate surface area is 121 Å². The number of nitrogens with zero attached hydrogens (tertiary/aromatic N) is 4. The molecule has 0 radical (unpaired) electrons. The molecule has 0 aromatic carbocycles. The summed E-state index contributed by atoms with van der Waals surface area (Å²) in [6.45, 7) is 2.94. The molecule has 5 nitrogen and oxygen atoms in total. The summed E-state index contributed by atoms with van der Waals surface area (Å²) in [5.74, 6) is 1.80. The molecular weight excluding hydrogens is 278 g/mol. The van der Waals surface area contributed by atoms with Crippen molar-refractivity contribution in [2.45, 2.75) is 17.0 Å². The van der Waals surface area contributed by atoms with E-state index in [0.717, 1.165) is 27.6 Å². The molecule has 2 heterocycles. The molecule has 1 N–H and O–H groups in total. The first-order valence-electron chi connectivity index (χ1n) is 6.01. The Balaban J connectivity index is 1.95. The van der Waals surface area contributed by atoms with Gasteiger partial charge in [-0.15, -0.1) is 10.2 Å². The van der Waals surface area contributed by atoms with E-state index >= 15 is 0 Å². The first kappa shape index (κ1) is 14.1. The van der Waals surface area contributed by atoms with Gasteiger partial charge in [0, 0.05) is 32.6 Å². The second kappa shape index (κ2) is 6.72. The van der Waals surface area contributed by atoms with Gasteiger partial charge in [0.05, 0.1) is 0 Å². The van der Waals surface area contributed by atoms with Crippen molar-refractivity contribution in [3.8, 4) is 0 Å². The monoisotopic (exact) mass is 295 g/mol. The number of hydrogen-bond acceptors (Lipinski definition) is 7. The third-order valence-corrected chi connectivity index (χ3v) is 4.62. The van der Waals surface area contributed by atoms with E-state index in [0.29, 0.717) is 0 Å². The third kappa shape index (κ3) is 4.07. The summed E-state index contributed by atoms with van der Waals surface area (Å²) < 4.78 is 0.991. The lowest BCUT2D eigenvalue weighted by atomic mass is 10.3. The molecule has 0 unspecified atom stereocenters. The Morgan fingerprint density at radius 3 is 2.89 bits per heavy atom. The van der Waals surface area contributed by atoms with Crippen LogP contribution in [0.4, 0.5) is 10.9 Å². The van der Waals surface area contributed by atoms with Crippen LogP contribution in [0.2, 0.25) is 0 Å². The number of rotatable bonds is 6. The second-order valence-electron chi connectivity index (χ2n) is 4.11. The molecular formula is C12H17N5S2.